The van der Waals surface area contributed by atoms with E-state index in [0.29, 0.717) is 6.54 Å². The van der Waals surface area contributed by atoms with Gasteiger partial charge in [0.1, 0.15) is 10.7 Å². The molecule has 2 aromatic heterocycles. The predicted molar refractivity (Wildman–Crippen MR) is 67.7 cm³/mol. The minimum Gasteiger partial charge on any atom is -0.312 e. The van der Waals surface area contributed by atoms with Gasteiger partial charge in [0.25, 0.3) is 0 Å². The van der Waals surface area contributed by atoms with Crippen LogP contribution in [0.4, 0.5) is 17.6 Å². The summed E-state index contributed by atoms with van der Waals surface area (Å²) in [6.45, 7) is 2.35. The van der Waals surface area contributed by atoms with Gasteiger partial charge in [-0.15, -0.1) is 11.3 Å². The SMILES string of the molecule is CCNCc1sc(-c2ncccc2F)nc1C(F)(F)F. The van der Waals surface area contributed by atoms with E-state index in [0.717, 1.165) is 17.4 Å². The van der Waals surface area contributed by atoms with Gasteiger partial charge in [-0.25, -0.2) is 9.37 Å². The highest BCUT2D eigenvalue weighted by atomic mass is 32.1. The van der Waals surface area contributed by atoms with Gasteiger partial charge < -0.3 is 5.32 Å². The molecule has 2 rings (SSSR count). The van der Waals surface area contributed by atoms with Crippen molar-refractivity contribution in [2.75, 3.05) is 6.54 Å². The molecule has 0 amide bonds. The number of hydrogen-bond acceptors (Lipinski definition) is 4. The van der Waals surface area contributed by atoms with Crippen LogP contribution in [0, 0.1) is 5.82 Å². The van der Waals surface area contributed by atoms with Gasteiger partial charge in [0.05, 0.1) is 4.88 Å². The van der Waals surface area contributed by atoms with Crippen LogP contribution in [0.2, 0.25) is 0 Å². The highest BCUT2D eigenvalue weighted by Gasteiger charge is 2.37. The fraction of sp³-hybridized carbons (Fsp3) is 0.333. The van der Waals surface area contributed by atoms with Crippen LogP contribution in [0.3, 0.4) is 0 Å². The standard InChI is InChI=1S/C12H11F4N3S/c1-2-17-6-8-10(12(14,15)16)19-11(20-8)9-7(13)4-3-5-18-9/h3-5,17H,2,6H2,1H3. The second-order valence-electron chi connectivity index (χ2n) is 3.90. The number of pyridine rings is 1. The third kappa shape index (κ3) is 3.13. The smallest absolute Gasteiger partial charge is 0.312 e. The summed E-state index contributed by atoms with van der Waals surface area (Å²) in [6.07, 6.45) is -3.25. The lowest BCUT2D eigenvalue weighted by atomic mass is 10.3. The molecule has 0 unspecified atom stereocenters. The Hall–Kier alpha value is -1.54. The van der Waals surface area contributed by atoms with Crippen LogP contribution in [-0.4, -0.2) is 16.5 Å². The zero-order valence-corrected chi connectivity index (χ0v) is 11.3. The third-order valence-corrected chi connectivity index (χ3v) is 3.52. The van der Waals surface area contributed by atoms with E-state index < -0.39 is 17.7 Å². The number of aromatic nitrogens is 2. The Balaban J connectivity index is 2.46. The van der Waals surface area contributed by atoms with Crippen LogP contribution in [0.15, 0.2) is 18.3 Å². The molecule has 0 atom stereocenters. The molecule has 0 saturated carbocycles. The van der Waals surface area contributed by atoms with E-state index in [1.54, 1.807) is 6.92 Å². The normalized spacial score (nSPS) is 11.8. The molecule has 0 fully saturated rings. The lowest BCUT2D eigenvalue weighted by molar-refractivity contribution is -0.141. The van der Waals surface area contributed by atoms with Crippen molar-refractivity contribution < 1.29 is 17.6 Å². The minimum absolute atomic E-state index is 0.0272. The first-order valence-corrected chi connectivity index (χ1v) is 6.63. The Morgan fingerprint density at radius 3 is 2.70 bits per heavy atom. The molecule has 2 aromatic rings. The van der Waals surface area contributed by atoms with Crippen molar-refractivity contribution in [1.29, 1.82) is 0 Å². The largest absolute Gasteiger partial charge is 0.434 e. The van der Waals surface area contributed by atoms with Crippen molar-refractivity contribution in [3.05, 3.63) is 34.7 Å². The molecule has 0 spiro atoms. The topological polar surface area (TPSA) is 37.8 Å². The van der Waals surface area contributed by atoms with Gasteiger partial charge >= 0.3 is 6.18 Å². The maximum absolute atomic E-state index is 13.6. The van der Waals surface area contributed by atoms with Crippen LogP contribution >= 0.6 is 11.3 Å². The number of nitrogens with zero attached hydrogens (tertiary/aromatic N) is 2. The summed E-state index contributed by atoms with van der Waals surface area (Å²) in [5.41, 5.74) is -1.14. The lowest BCUT2D eigenvalue weighted by Gasteiger charge is -2.05. The van der Waals surface area contributed by atoms with Crippen LogP contribution in [0.1, 0.15) is 17.5 Å². The molecule has 8 heteroatoms. The van der Waals surface area contributed by atoms with E-state index >= 15 is 0 Å². The molecule has 0 aliphatic rings. The van der Waals surface area contributed by atoms with Crippen molar-refractivity contribution in [3.63, 3.8) is 0 Å². The van der Waals surface area contributed by atoms with E-state index in [4.69, 9.17) is 0 Å². The van der Waals surface area contributed by atoms with E-state index in [9.17, 15) is 17.6 Å². The summed E-state index contributed by atoms with van der Waals surface area (Å²) in [5, 5.41) is 2.75. The number of alkyl halides is 3. The molecule has 0 aliphatic heterocycles. The van der Waals surface area contributed by atoms with Crippen molar-refractivity contribution in [2.24, 2.45) is 0 Å². The second kappa shape index (κ2) is 5.84. The highest BCUT2D eigenvalue weighted by Crippen LogP contribution is 2.37. The fourth-order valence-electron chi connectivity index (χ4n) is 1.58. The van der Waals surface area contributed by atoms with Gasteiger partial charge in [0, 0.05) is 12.7 Å². The number of thiazole rings is 1. The number of hydrogen-bond donors (Lipinski definition) is 1. The Morgan fingerprint density at radius 1 is 1.35 bits per heavy atom. The molecule has 0 radical (unpaired) electrons. The van der Waals surface area contributed by atoms with Crippen LogP contribution in [0.25, 0.3) is 10.7 Å². The number of halogens is 4. The Labute approximate surface area is 116 Å². The van der Waals surface area contributed by atoms with E-state index in [-0.39, 0.29) is 22.1 Å². The first-order chi connectivity index (χ1) is 9.43. The molecule has 108 valence electrons. The summed E-state index contributed by atoms with van der Waals surface area (Å²) in [7, 11) is 0. The minimum atomic E-state index is -4.56. The molecule has 20 heavy (non-hydrogen) atoms. The van der Waals surface area contributed by atoms with Gasteiger partial charge in [-0.1, -0.05) is 6.92 Å². The molecular formula is C12H11F4N3S. The van der Waals surface area contributed by atoms with Crippen molar-refractivity contribution >= 4 is 11.3 Å². The van der Waals surface area contributed by atoms with E-state index in [1.165, 1.54) is 12.3 Å². The first kappa shape index (κ1) is 14.9. The summed E-state index contributed by atoms with van der Waals surface area (Å²) in [6, 6.07) is 2.51. The first-order valence-electron chi connectivity index (χ1n) is 5.82. The van der Waals surface area contributed by atoms with E-state index in [1.807, 2.05) is 0 Å². The van der Waals surface area contributed by atoms with Crippen molar-refractivity contribution in [2.45, 2.75) is 19.6 Å². The maximum Gasteiger partial charge on any atom is 0.434 e. The van der Waals surface area contributed by atoms with Gasteiger partial charge in [-0.05, 0) is 18.7 Å². The quantitative estimate of drug-likeness (QED) is 0.879. The zero-order valence-electron chi connectivity index (χ0n) is 10.5. The van der Waals surface area contributed by atoms with Crippen LogP contribution < -0.4 is 5.32 Å². The number of nitrogens with one attached hydrogen (secondary N) is 1. The predicted octanol–water partition coefficient (Wildman–Crippen LogP) is 3.47. The third-order valence-electron chi connectivity index (χ3n) is 2.46. The maximum atomic E-state index is 13.6. The average molecular weight is 305 g/mol. The average Bonchev–Trinajstić information content (AvgIpc) is 2.80. The molecular weight excluding hydrogens is 294 g/mol. The Kier molecular flexibility index (Phi) is 4.34. The summed E-state index contributed by atoms with van der Waals surface area (Å²) >= 11 is 0.797. The molecule has 0 bridgehead atoms. The molecule has 0 aromatic carbocycles. The van der Waals surface area contributed by atoms with Crippen LogP contribution in [0.5, 0.6) is 0 Å². The van der Waals surface area contributed by atoms with E-state index in [2.05, 4.69) is 15.3 Å². The van der Waals surface area contributed by atoms with Gasteiger partial charge in [-0.3, -0.25) is 4.98 Å². The molecule has 0 aliphatic carbocycles. The molecule has 2 heterocycles. The summed E-state index contributed by atoms with van der Waals surface area (Å²) in [5.74, 6) is -0.690. The number of rotatable bonds is 4. The lowest BCUT2D eigenvalue weighted by Crippen LogP contribution is -2.15. The Bertz CT molecular complexity index is 595. The monoisotopic (exact) mass is 305 g/mol. The summed E-state index contributed by atoms with van der Waals surface area (Å²) < 4.78 is 52.3. The zero-order chi connectivity index (χ0) is 14.8. The fourth-order valence-corrected chi connectivity index (χ4v) is 2.63. The second-order valence-corrected chi connectivity index (χ2v) is 4.99. The Morgan fingerprint density at radius 2 is 2.10 bits per heavy atom. The van der Waals surface area contributed by atoms with Crippen molar-refractivity contribution in [3.8, 4) is 10.7 Å². The summed E-state index contributed by atoms with van der Waals surface area (Å²) in [4.78, 5) is 7.29. The molecule has 1 N–H and O–H groups in total. The molecule has 3 nitrogen and oxygen atoms in total. The van der Waals surface area contributed by atoms with Gasteiger partial charge in [0.15, 0.2) is 11.5 Å². The van der Waals surface area contributed by atoms with Gasteiger partial charge in [0.2, 0.25) is 0 Å². The van der Waals surface area contributed by atoms with Crippen molar-refractivity contribution in [1.82, 2.24) is 15.3 Å². The van der Waals surface area contributed by atoms with Gasteiger partial charge in [-0.2, -0.15) is 13.2 Å². The highest BCUT2D eigenvalue weighted by molar-refractivity contribution is 7.15. The molecule has 0 saturated heterocycles. The van der Waals surface area contributed by atoms with Crippen LogP contribution in [-0.2, 0) is 12.7 Å².